The van der Waals surface area contributed by atoms with Crippen molar-refractivity contribution in [1.82, 2.24) is 4.98 Å². The van der Waals surface area contributed by atoms with Crippen molar-refractivity contribution in [3.8, 4) is 28.7 Å². The van der Waals surface area contributed by atoms with Crippen molar-refractivity contribution < 1.29 is 28.5 Å². The number of hydrogen-bond donors (Lipinski definition) is 1. The summed E-state index contributed by atoms with van der Waals surface area (Å²) in [6.07, 6.45) is 9.58. The van der Waals surface area contributed by atoms with Crippen molar-refractivity contribution in [1.29, 1.82) is 0 Å². The van der Waals surface area contributed by atoms with Gasteiger partial charge >= 0.3 is 0 Å². The van der Waals surface area contributed by atoms with E-state index >= 15 is 0 Å². The third-order valence-electron chi connectivity index (χ3n) is 6.27. The number of benzene rings is 3. The molecule has 0 saturated carbocycles. The van der Waals surface area contributed by atoms with E-state index in [0.717, 1.165) is 27.6 Å². The predicted molar refractivity (Wildman–Crippen MR) is 150 cm³/mol. The number of H-pyrrole nitrogens is 1. The largest absolute Gasteiger partial charge is 0.493 e. The third kappa shape index (κ3) is 5.37. The van der Waals surface area contributed by atoms with E-state index in [1.807, 2.05) is 66.8 Å². The van der Waals surface area contributed by atoms with E-state index in [1.54, 1.807) is 47.8 Å². The summed E-state index contributed by atoms with van der Waals surface area (Å²) >= 11 is 0. The molecule has 0 saturated heterocycles. The van der Waals surface area contributed by atoms with Crippen LogP contribution in [0.2, 0.25) is 0 Å². The summed E-state index contributed by atoms with van der Waals surface area (Å²) in [6.45, 7) is 0. The maximum atomic E-state index is 12.9. The first-order chi connectivity index (χ1) is 18.5. The van der Waals surface area contributed by atoms with Crippen molar-refractivity contribution in [2.45, 2.75) is 6.42 Å². The first-order valence-corrected chi connectivity index (χ1v) is 12.0. The molecule has 0 amide bonds. The van der Waals surface area contributed by atoms with E-state index in [9.17, 15) is 4.79 Å². The van der Waals surface area contributed by atoms with Gasteiger partial charge in [0.2, 0.25) is 5.75 Å². The Morgan fingerprint density at radius 2 is 1.47 bits per heavy atom. The molecule has 0 unspecified atom stereocenters. The normalized spacial score (nSPS) is 11.3. The number of carbonyl (C=O) groups excluding carboxylic acids is 1. The van der Waals surface area contributed by atoms with E-state index in [4.69, 9.17) is 23.7 Å². The number of nitrogens with one attached hydrogen (secondary N) is 1. The summed E-state index contributed by atoms with van der Waals surface area (Å²) in [7, 11) is 7.95. The number of fused-ring (bicyclic) bond motifs is 1. The lowest BCUT2D eigenvalue weighted by atomic mass is 10.00. The zero-order valence-electron chi connectivity index (χ0n) is 22.2. The smallest absolute Gasteiger partial charge is 0.203 e. The molecule has 38 heavy (non-hydrogen) atoms. The number of methoxy groups -OCH3 is 5. The average Bonchev–Trinajstić information content (AvgIpc) is 3.39. The summed E-state index contributed by atoms with van der Waals surface area (Å²) < 4.78 is 27.6. The molecule has 4 rings (SSSR count). The van der Waals surface area contributed by atoms with Gasteiger partial charge in [-0.05, 0) is 47.9 Å². The minimum atomic E-state index is -0.0705. The lowest BCUT2D eigenvalue weighted by molar-refractivity contribution is 0.104. The number of rotatable bonds is 11. The highest BCUT2D eigenvalue weighted by Gasteiger charge is 2.15. The molecule has 1 N–H and O–H groups in total. The van der Waals surface area contributed by atoms with E-state index in [1.165, 1.54) is 0 Å². The molecule has 0 atom stereocenters. The van der Waals surface area contributed by atoms with Crippen LogP contribution in [0.3, 0.4) is 0 Å². The molecule has 1 heterocycles. The fourth-order valence-electron chi connectivity index (χ4n) is 4.41. The van der Waals surface area contributed by atoms with E-state index in [2.05, 4.69) is 4.98 Å². The molecule has 4 aromatic rings. The van der Waals surface area contributed by atoms with Gasteiger partial charge in [-0.15, -0.1) is 0 Å². The molecule has 7 nitrogen and oxygen atoms in total. The summed E-state index contributed by atoms with van der Waals surface area (Å²) in [5.41, 5.74) is 4.24. The quantitative estimate of drug-likeness (QED) is 0.143. The number of aromatic nitrogens is 1. The zero-order valence-corrected chi connectivity index (χ0v) is 22.2. The number of hydrogen-bond acceptors (Lipinski definition) is 6. The molecule has 0 aliphatic carbocycles. The number of ketones is 1. The van der Waals surface area contributed by atoms with Gasteiger partial charge in [0.15, 0.2) is 28.8 Å². The van der Waals surface area contributed by atoms with Crippen molar-refractivity contribution in [2.75, 3.05) is 35.5 Å². The van der Waals surface area contributed by atoms with E-state index < -0.39 is 0 Å². The fourth-order valence-corrected chi connectivity index (χ4v) is 4.41. The van der Waals surface area contributed by atoms with Crippen LogP contribution in [-0.2, 0) is 6.42 Å². The highest BCUT2D eigenvalue weighted by atomic mass is 16.5. The maximum Gasteiger partial charge on any atom is 0.203 e. The molecule has 0 aliphatic heterocycles. The van der Waals surface area contributed by atoms with Crippen molar-refractivity contribution in [3.63, 3.8) is 0 Å². The number of aromatic amines is 1. The first-order valence-electron chi connectivity index (χ1n) is 12.0. The predicted octanol–water partition coefficient (Wildman–Crippen LogP) is 6.36. The summed E-state index contributed by atoms with van der Waals surface area (Å²) in [6, 6.07) is 15.3. The summed E-state index contributed by atoms with van der Waals surface area (Å²) in [5, 5.41) is 0.898. The lowest BCUT2D eigenvalue weighted by Crippen LogP contribution is -1.99. The van der Waals surface area contributed by atoms with Gasteiger partial charge in [-0.1, -0.05) is 42.5 Å². The maximum absolute atomic E-state index is 12.9. The molecule has 3 aromatic carbocycles. The molecular formula is C31H31NO6. The minimum Gasteiger partial charge on any atom is -0.493 e. The Morgan fingerprint density at radius 3 is 2.13 bits per heavy atom. The molecular weight excluding hydrogens is 482 g/mol. The van der Waals surface area contributed by atoms with Crippen LogP contribution >= 0.6 is 0 Å². The number of para-hydroxylation sites is 1. The molecule has 0 fully saturated rings. The van der Waals surface area contributed by atoms with Crippen LogP contribution in [0.4, 0.5) is 0 Å². The van der Waals surface area contributed by atoms with Gasteiger partial charge < -0.3 is 28.7 Å². The first kappa shape index (κ1) is 26.4. The Morgan fingerprint density at radius 1 is 0.789 bits per heavy atom. The molecule has 7 heteroatoms. The highest BCUT2D eigenvalue weighted by molar-refractivity contribution is 6.13. The summed E-state index contributed by atoms with van der Waals surface area (Å²) in [4.78, 5) is 16.1. The van der Waals surface area contributed by atoms with Gasteiger partial charge in [0.25, 0.3) is 0 Å². The Bertz CT molecular complexity index is 1470. The molecule has 196 valence electrons. The number of carbonyl (C=O) groups is 1. The summed E-state index contributed by atoms with van der Waals surface area (Å²) in [5.74, 6) is 2.82. The molecule has 0 bridgehead atoms. The number of allylic oxidation sites excluding steroid dienone is 2. The highest BCUT2D eigenvalue weighted by Crippen LogP contribution is 2.39. The Kier molecular flexibility index (Phi) is 8.38. The minimum absolute atomic E-state index is 0.0705. The SMILES string of the molecule is COc1cc(/C=C\c2ccc(OC)c(OC)c2C/C=C\C(=O)c2c[nH]c3ccccc23)cc(OC)c1OC. The van der Waals surface area contributed by atoms with E-state index in [0.29, 0.717) is 40.7 Å². The van der Waals surface area contributed by atoms with Gasteiger partial charge in [-0.2, -0.15) is 0 Å². The topological polar surface area (TPSA) is 79.0 Å². The second-order valence-electron chi connectivity index (χ2n) is 8.38. The van der Waals surface area contributed by atoms with Crippen LogP contribution in [0.25, 0.3) is 23.1 Å². The molecule has 0 radical (unpaired) electrons. The Balaban J connectivity index is 1.66. The molecule has 1 aromatic heterocycles. The fraction of sp³-hybridized carbons (Fsp3) is 0.194. The van der Waals surface area contributed by atoms with Gasteiger partial charge in [0, 0.05) is 28.2 Å². The lowest BCUT2D eigenvalue weighted by Gasteiger charge is -2.15. The van der Waals surface area contributed by atoms with Gasteiger partial charge in [0.1, 0.15) is 0 Å². The van der Waals surface area contributed by atoms with Crippen LogP contribution in [-0.4, -0.2) is 46.3 Å². The van der Waals surface area contributed by atoms with Gasteiger partial charge in [0.05, 0.1) is 35.5 Å². The standard InChI is InChI=1S/C31H31NO6/c1-34-27-16-15-21(14-13-20-17-28(35-2)31(38-5)29(18-20)36-3)22(30(27)37-4)10-8-12-26(33)24-19-32-25-11-7-6-9-23(24)25/h6-9,11-19,32H,10H2,1-5H3/b12-8-,14-13-. The monoisotopic (exact) mass is 513 g/mol. The molecule has 0 spiro atoms. The Hall–Kier alpha value is -4.65. The van der Waals surface area contributed by atoms with Crippen LogP contribution in [0, 0.1) is 0 Å². The Labute approximate surface area is 222 Å². The molecule has 0 aliphatic rings. The number of ether oxygens (including phenoxy) is 5. The third-order valence-corrected chi connectivity index (χ3v) is 6.27. The van der Waals surface area contributed by atoms with Crippen molar-refractivity contribution in [3.05, 3.63) is 89.1 Å². The van der Waals surface area contributed by atoms with Crippen LogP contribution in [0.1, 0.15) is 27.0 Å². The zero-order chi connectivity index (χ0) is 27.1. The average molecular weight is 514 g/mol. The van der Waals surface area contributed by atoms with Crippen molar-refractivity contribution >= 4 is 28.8 Å². The van der Waals surface area contributed by atoms with Crippen LogP contribution < -0.4 is 23.7 Å². The van der Waals surface area contributed by atoms with E-state index in [-0.39, 0.29) is 5.78 Å². The van der Waals surface area contributed by atoms with Crippen molar-refractivity contribution in [2.24, 2.45) is 0 Å². The van der Waals surface area contributed by atoms with Crippen LogP contribution in [0.15, 0.2) is 66.9 Å². The second-order valence-corrected chi connectivity index (χ2v) is 8.38. The van der Waals surface area contributed by atoms with Crippen LogP contribution in [0.5, 0.6) is 28.7 Å². The second kappa shape index (κ2) is 12.1. The van der Waals surface area contributed by atoms with Gasteiger partial charge in [-0.3, -0.25) is 4.79 Å². The van der Waals surface area contributed by atoms with Gasteiger partial charge in [-0.25, -0.2) is 0 Å².